The molecule has 0 amide bonds. The van der Waals surface area contributed by atoms with Crippen LogP contribution in [0.25, 0.3) is 0 Å². The molecule has 200 valence electrons. The average molecular weight is 495 g/mol. The van der Waals surface area contributed by atoms with Crippen molar-refractivity contribution in [2.75, 3.05) is 19.6 Å². The van der Waals surface area contributed by atoms with Gasteiger partial charge in [0.15, 0.2) is 11.9 Å². The fraction of sp³-hybridized carbons (Fsp3) is 0.722. The Morgan fingerprint density at radius 2 is 0.882 bits per heavy atom. The van der Waals surface area contributed by atoms with Crippen LogP contribution in [0.1, 0.15) is 44.9 Å². The van der Waals surface area contributed by atoms with Gasteiger partial charge in [0.25, 0.3) is 0 Å². The van der Waals surface area contributed by atoms with E-state index in [0.29, 0.717) is 51.7 Å². The molecule has 16 heteroatoms. The summed E-state index contributed by atoms with van der Waals surface area (Å²) in [5, 5.41) is 25.1. The summed E-state index contributed by atoms with van der Waals surface area (Å²) in [4.78, 5) is 37.9. The Hall–Kier alpha value is -3.21. The Kier molecular flexibility index (Phi) is 23.9. The van der Waals surface area contributed by atoms with E-state index in [9.17, 15) is 14.4 Å². The quantitative estimate of drug-likeness (QED) is 0.0595. The van der Waals surface area contributed by atoms with Gasteiger partial charge in [-0.3, -0.25) is 24.4 Å². The van der Waals surface area contributed by atoms with Crippen LogP contribution in [0.5, 0.6) is 0 Å². The molecule has 0 aromatic carbocycles. The summed E-state index contributed by atoms with van der Waals surface area (Å²) in [6.07, 6.45) is 4.08. The highest BCUT2D eigenvalue weighted by molar-refractivity contribution is 5.76. The van der Waals surface area contributed by atoms with Crippen LogP contribution in [-0.4, -0.2) is 82.9 Å². The van der Waals surface area contributed by atoms with Crippen LogP contribution in [0.15, 0.2) is 9.98 Å². The normalized spacial score (nSPS) is 12.4. The highest BCUT2D eigenvalue weighted by Gasteiger charge is 2.10. The van der Waals surface area contributed by atoms with Gasteiger partial charge in [0.1, 0.15) is 18.1 Å². The van der Waals surface area contributed by atoms with Crippen molar-refractivity contribution >= 4 is 29.8 Å². The molecule has 0 spiro atoms. The number of rotatable bonds is 15. The van der Waals surface area contributed by atoms with Crippen molar-refractivity contribution in [2.45, 2.75) is 63.1 Å². The van der Waals surface area contributed by atoms with Crippen LogP contribution in [0.4, 0.5) is 0 Å². The zero-order chi connectivity index (χ0) is 27.1. The average Bonchev–Trinajstić information content (AvgIpc) is 2.74. The van der Waals surface area contributed by atoms with Gasteiger partial charge in [0.05, 0.1) is 0 Å². The molecule has 0 saturated carbocycles. The molecule has 0 rings (SSSR count). The van der Waals surface area contributed by atoms with E-state index in [4.69, 9.17) is 61.2 Å². The fourth-order valence-corrected chi connectivity index (χ4v) is 1.92. The van der Waals surface area contributed by atoms with Gasteiger partial charge in [0.2, 0.25) is 0 Å². The summed E-state index contributed by atoms with van der Waals surface area (Å²) in [7, 11) is 0. The van der Waals surface area contributed by atoms with E-state index in [0.717, 1.165) is 12.8 Å². The van der Waals surface area contributed by atoms with Crippen LogP contribution in [0.2, 0.25) is 0 Å². The largest absolute Gasteiger partial charge is 0.480 e. The van der Waals surface area contributed by atoms with Gasteiger partial charge in [-0.25, -0.2) is 0 Å². The molecule has 34 heavy (non-hydrogen) atoms. The minimum absolute atomic E-state index is 0.0129. The summed E-state index contributed by atoms with van der Waals surface area (Å²) < 4.78 is 0. The Bertz CT molecular complexity index is 584. The maximum Gasteiger partial charge on any atom is 0.320 e. The molecule has 0 radical (unpaired) electrons. The van der Waals surface area contributed by atoms with Gasteiger partial charge >= 0.3 is 17.9 Å². The number of nitrogens with two attached hydrogens (primary N) is 8. The van der Waals surface area contributed by atoms with Crippen molar-refractivity contribution in [2.24, 2.45) is 55.9 Å². The monoisotopic (exact) mass is 494 g/mol. The first-order chi connectivity index (χ1) is 15.8. The first-order valence-corrected chi connectivity index (χ1v) is 10.5. The molecule has 0 aliphatic carbocycles. The van der Waals surface area contributed by atoms with Gasteiger partial charge in [-0.2, -0.15) is 0 Å². The van der Waals surface area contributed by atoms with Crippen LogP contribution in [-0.2, 0) is 14.4 Å². The molecule has 16 nitrogen and oxygen atoms in total. The lowest BCUT2D eigenvalue weighted by molar-refractivity contribution is -0.139. The maximum atomic E-state index is 10.2. The van der Waals surface area contributed by atoms with E-state index < -0.39 is 36.0 Å². The SMILES string of the molecule is NC(N)=NCCCC(N)C(=O)O.NC(N)=NCCCC(N)C(=O)O.NCCCCC(N)C(=O)O. The number of nitrogens with zero attached hydrogens (tertiary/aromatic N) is 2. The lowest BCUT2D eigenvalue weighted by Gasteiger charge is -2.03. The third kappa shape index (κ3) is 28.8. The van der Waals surface area contributed by atoms with Crippen molar-refractivity contribution in [1.82, 2.24) is 0 Å². The minimum atomic E-state index is -1.00. The molecule has 0 fully saturated rings. The number of carboxylic acids is 3. The smallest absolute Gasteiger partial charge is 0.320 e. The van der Waals surface area contributed by atoms with Gasteiger partial charge < -0.3 is 61.2 Å². The third-order valence-electron chi connectivity index (χ3n) is 3.86. The highest BCUT2D eigenvalue weighted by atomic mass is 16.4. The molecule has 19 N–H and O–H groups in total. The van der Waals surface area contributed by atoms with Crippen molar-refractivity contribution < 1.29 is 29.7 Å². The van der Waals surface area contributed by atoms with Crippen molar-refractivity contribution in [3.8, 4) is 0 Å². The predicted molar refractivity (Wildman–Crippen MR) is 130 cm³/mol. The summed E-state index contributed by atoms with van der Waals surface area (Å²) >= 11 is 0. The summed E-state index contributed by atoms with van der Waals surface area (Å²) in [5.74, 6) is -2.91. The molecule has 0 aliphatic heterocycles. The Morgan fingerprint density at radius 1 is 0.588 bits per heavy atom. The summed E-state index contributed by atoms with van der Waals surface area (Å²) in [6.45, 7) is 1.44. The van der Waals surface area contributed by atoms with Gasteiger partial charge in [-0.15, -0.1) is 0 Å². The van der Waals surface area contributed by atoms with E-state index >= 15 is 0 Å². The van der Waals surface area contributed by atoms with E-state index in [1.165, 1.54) is 0 Å². The van der Waals surface area contributed by atoms with E-state index in [2.05, 4.69) is 9.98 Å². The Labute approximate surface area is 198 Å². The molecule has 3 unspecified atom stereocenters. The van der Waals surface area contributed by atoms with Crippen LogP contribution in [0, 0.1) is 0 Å². The molecule has 3 atom stereocenters. The van der Waals surface area contributed by atoms with Gasteiger partial charge in [-0.1, -0.05) is 6.42 Å². The second-order valence-corrected chi connectivity index (χ2v) is 7.02. The zero-order valence-corrected chi connectivity index (χ0v) is 19.4. The number of hydrogen-bond donors (Lipinski definition) is 11. The zero-order valence-electron chi connectivity index (χ0n) is 19.4. The Morgan fingerprint density at radius 3 is 1.12 bits per heavy atom. The number of carboxylic acid groups (broad SMARTS) is 3. The number of unbranched alkanes of at least 4 members (excludes halogenated alkanes) is 1. The van der Waals surface area contributed by atoms with E-state index in [-0.39, 0.29) is 11.9 Å². The second kappa shape index (κ2) is 23.0. The summed E-state index contributed by atoms with van der Waals surface area (Å²) in [5.41, 5.74) is 41.1. The molecule has 0 heterocycles. The number of aliphatic carboxylic acids is 3. The third-order valence-corrected chi connectivity index (χ3v) is 3.86. The molecular formula is C18H42N10O6. The molecule has 0 bridgehead atoms. The van der Waals surface area contributed by atoms with Crippen molar-refractivity contribution in [3.63, 3.8) is 0 Å². The maximum absolute atomic E-state index is 10.2. The predicted octanol–water partition coefficient (Wildman–Crippen LogP) is -3.57. The first-order valence-electron chi connectivity index (χ1n) is 10.5. The first kappa shape index (κ1) is 35.4. The summed E-state index contributed by atoms with van der Waals surface area (Å²) in [6, 6.07) is -2.36. The highest BCUT2D eigenvalue weighted by Crippen LogP contribution is 1.97. The lowest BCUT2D eigenvalue weighted by atomic mass is 10.1. The van der Waals surface area contributed by atoms with Gasteiger partial charge in [-0.05, 0) is 45.1 Å². The minimum Gasteiger partial charge on any atom is -0.480 e. The van der Waals surface area contributed by atoms with Crippen LogP contribution >= 0.6 is 0 Å². The number of carbonyl (C=O) groups is 3. The van der Waals surface area contributed by atoms with Crippen LogP contribution < -0.4 is 45.9 Å². The second-order valence-electron chi connectivity index (χ2n) is 7.02. The fourth-order valence-electron chi connectivity index (χ4n) is 1.92. The van der Waals surface area contributed by atoms with E-state index in [1.54, 1.807) is 0 Å². The Balaban J connectivity index is -0.000000426. The molecule has 0 aromatic heterocycles. The number of hydrogen-bond acceptors (Lipinski definition) is 9. The molecule has 0 aliphatic rings. The topological polar surface area (TPSA) is 345 Å². The number of guanidine groups is 2. The molecule has 0 saturated heterocycles. The van der Waals surface area contributed by atoms with Gasteiger partial charge in [0, 0.05) is 13.1 Å². The lowest BCUT2D eigenvalue weighted by Crippen LogP contribution is -2.30. The molecule has 0 aromatic rings. The standard InChI is InChI=1S/2C6H14N4O2.C6H14N2O2/c2*7-4(5(11)12)2-1-3-10-6(8)9;7-4-2-1-3-5(8)6(9)10/h2*4H,1-3,7H2,(H,11,12)(H4,8,9,10);5H,1-4,7-8H2,(H,9,10). The van der Waals surface area contributed by atoms with Crippen LogP contribution in [0.3, 0.4) is 0 Å². The van der Waals surface area contributed by atoms with Crippen molar-refractivity contribution in [1.29, 1.82) is 0 Å². The van der Waals surface area contributed by atoms with E-state index in [1.807, 2.05) is 0 Å². The number of aliphatic imine (C=N–C) groups is 2. The molecular weight excluding hydrogens is 452 g/mol. The van der Waals surface area contributed by atoms with Crippen molar-refractivity contribution in [3.05, 3.63) is 0 Å².